The minimum absolute atomic E-state index is 0.184. The van der Waals surface area contributed by atoms with E-state index in [1.54, 1.807) is 37.3 Å². The first kappa shape index (κ1) is 20.2. The normalized spacial score (nSPS) is 11.6. The molecule has 0 bridgehead atoms. The minimum atomic E-state index is -0.786. The molecule has 1 atom stereocenters. The van der Waals surface area contributed by atoms with Gasteiger partial charge in [0.2, 0.25) is 5.88 Å². The van der Waals surface area contributed by atoms with Crippen LogP contribution < -0.4 is 14.8 Å². The monoisotopic (exact) mass is 399 g/mol. The van der Waals surface area contributed by atoms with E-state index >= 15 is 0 Å². The first-order chi connectivity index (χ1) is 14.0. The quantitative estimate of drug-likeness (QED) is 0.588. The van der Waals surface area contributed by atoms with Gasteiger partial charge in [-0.1, -0.05) is 6.07 Å². The number of ether oxygens (including phenoxy) is 2. The summed E-state index contributed by atoms with van der Waals surface area (Å²) in [6.07, 6.45) is -0.786. The van der Waals surface area contributed by atoms with E-state index in [2.05, 4.69) is 15.5 Å². The summed E-state index contributed by atoms with van der Waals surface area (Å²) >= 11 is 0. The van der Waals surface area contributed by atoms with Crippen molar-refractivity contribution in [1.82, 2.24) is 15.5 Å². The van der Waals surface area contributed by atoms with Gasteiger partial charge >= 0.3 is 0 Å². The summed E-state index contributed by atoms with van der Waals surface area (Å²) in [5.41, 5.74) is 1.33. The second kappa shape index (κ2) is 9.59. The SMILES string of the molecule is CC(Oc1cccc(F)c1)C(=O)NCCOc1ccc(-c2ccc(F)cc2)nn1. The molecule has 150 valence electrons. The Morgan fingerprint density at radius 3 is 2.52 bits per heavy atom. The molecule has 0 aliphatic rings. The van der Waals surface area contributed by atoms with Gasteiger partial charge in [-0.3, -0.25) is 4.79 Å². The van der Waals surface area contributed by atoms with Crippen LogP contribution in [0.4, 0.5) is 8.78 Å². The molecule has 3 rings (SSSR count). The predicted molar refractivity (Wildman–Crippen MR) is 102 cm³/mol. The number of carbonyl (C=O) groups excluding carboxylic acids is 1. The molecule has 29 heavy (non-hydrogen) atoms. The topological polar surface area (TPSA) is 73.3 Å². The van der Waals surface area contributed by atoms with E-state index < -0.39 is 11.9 Å². The Kier molecular flexibility index (Phi) is 6.67. The third kappa shape index (κ3) is 5.97. The van der Waals surface area contributed by atoms with Crippen LogP contribution in [0.2, 0.25) is 0 Å². The molecular weight excluding hydrogens is 380 g/mol. The highest BCUT2D eigenvalue weighted by Crippen LogP contribution is 2.18. The summed E-state index contributed by atoms with van der Waals surface area (Å²) in [6.45, 7) is 1.99. The molecule has 1 amide bonds. The van der Waals surface area contributed by atoms with Crippen LogP contribution in [-0.2, 0) is 4.79 Å². The number of aromatic nitrogens is 2. The largest absolute Gasteiger partial charge is 0.481 e. The van der Waals surface area contributed by atoms with Crippen molar-refractivity contribution >= 4 is 5.91 Å². The molecule has 8 heteroatoms. The van der Waals surface area contributed by atoms with Gasteiger partial charge in [0.25, 0.3) is 5.91 Å². The highest BCUT2D eigenvalue weighted by Gasteiger charge is 2.14. The summed E-state index contributed by atoms with van der Waals surface area (Å²) < 4.78 is 36.9. The van der Waals surface area contributed by atoms with Gasteiger partial charge < -0.3 is 14.8 Å². The fourth-order valence-corrected chi connectivity index (χ4v) is 2.44. The molecule has 0 saturated carbocycles. The van der Waals surface area contributed by atoms with Crippen molar-refractivity contribution in [3.63, 3.8) is 0 Å². The molecule has 0 fully saturated rings. The van der Waals surface area contributed by atoms with Crippen LogP contribution in [0.1, 0.15) is 6.92 Å². The Morgan fingerprint density at radius 1 is 1.03 bits per heavy atom. The number of hydrogen-bond acceptors (Lipinski definition) is 5. The molecule has 1 heterocycles. The molecule has 2 aromatic carbocycles. The van der Waals surface area contributed by atoms with Crippen molar-refractivity contribution in [3.05, 3.63) is 72.3 Å². The van der Waals surface area contributed by atoms with Gasteiger partial charge in [0.05, 0.1) is 12.2 Å². The minimum Gasteiger partial charge on any atom is -0.481 e. The fourth-order valence-electron chi connectivity index (χ4n) is 2.44. The lowest BCUT2D eigenvalue weighted by atomic mass is 10.1. The first-order valence-corrected chi connectivity index (χ1v) is 8.93. The van der Waals surface area contributed by atoms with Crippen LogP contribution in [0.5, 0.6) is 11.6 Å². The van der Waals surface area contributed by atoms with E-state index in [4.69, 9.17) is 9.47 Å². The number of hydrogen-bond donors (Lipinski definition) is 1. The van der Waals surface area contributed by atoms with Crippen molar-refractivity contribution in [2.24, 2.45) is 0 Å². The predicted octanol–water partition coefficient (Wildman–Crippen LogP) is 3.38. The van der Waals surface area contributed by atoms with Gasteiger partial charge in [0.15, 0.2) is 6.10 Å². The average molecular weight is 399 g/mol. The molecule has 3 aromatic rings. The van der Waals surface area contributed by atoms with Gasteiger partial charge in [-0.05, 0) is 49.4 Å². The Labute approximate surface area is 166 Å². The zero-order valence-corrected chi connectivity index (χ0v) is 15.6. The number of nitrogens with zero attached hydrogens (tertiary/aromatic N) is 2. The molecule has 1 unspecified atom stereocenters. The number of amides is 1. The standard InChI is InChI=1S/C21H19F2N3O3/c1-14(29-18-4-2-3-17(23)13-18)21(27)24-11-12-28-20-10-9-19(25-26-20)15-5-7-16(22)8-6-15/h2-10,13-14H,11-12H2,1H3,(H,24,27). The summed E-state index contributed by atoms with van der Waals surface area (Å²) in [7, 11) is 0. The number of rotatable bonds is 8. The van der Waals surface area contributed by atoms with Gasteiger partial charge in [-0.2, -0.15) is 0 Å². The summed E-state index contributed by atoms with van der Waals surface area (Å²) in [5, 5.41) is 10.7. The van der Waals surface area contributed by atoms with Gasteiger partial charge in [-0.25, -0.2) is 8.78 Å². The second-order valence-electron chi connectivity index (χ2n) is 6.12. The zero-order chi connectivity index (χ0) is 20.6. The molecule has 0 aliphatic carbocycles. The first-order valence-electron chi connectivity index (χ1n) is 8.93. The lowest BCUT2D eigenvalue weighted by Gasteiger charge is -2.14. The van der Waals surface area contributed by atoms with E-state index in [1.165, 1.54) is 30.3 Å². The Hall–Kier alpha value is -3.55. The Morgan fingerprint density at radius 2 is 1.83 bits per heavy atom. The number of nitrogens with one attached hydrogen (secondary N) is 1. The van der Waals surface area contributed by atoms with Crippen LogP contribution in [0.25, 0.3) is 11.3 Å². The maximum absolute atomic E-state index is 13.1. The van der Waals surface area contributed by atoms with Crippen molar-refractivity contribution in [2.45, 2.75) is 13.0 Å². The van der Waals surface area contributed by atoms with Crippen molar-refractivity contribution in [3.8, 4) is 22.9 Å². The third-order valence-corrected chi connectivity index (χ3v) is 3.91. The molecule has 1 aromatic heterocycles. The molecular formula is C21H19F2N3O3. The summed E-state index contributed by atoms with van der Waals surface area (Å²) in [4.78, 5) is 12.0. The van der Waals surface area contributed by atoms with Gasteiger partial charge in [0.1, 0.15) is 24.0 Å². The molecule has 6 nitrogen and oxygen atoms in total. The van der Waals surface area contributed by atoms with Crippen molar-refractivity contribution in [1.29, 1.82) is 0 Å². The number of halogens is 2. The smallest absolute Gasteiger partial charge is 0.260 e. The summed E-state index contributed by atoms with van der Waals surface area (Å²) in [5.74, 6) is -0.528. The fraction of sp³-hybridized carbons (Fsp3) is 0.190. The van der Waals surface area contributed by atoms with Crippen molar-refractivity contribution < 1.29 is 23.0 Å². The maximum atomic E-state index is 13.1. The number of carbonyl (C=O) groups is 1. The van der Waals surface area contributed by atoms with E-state index in [0.29, 0.717) is 11.6 Å². The average Bonchev–Trinajstić information content (AvgIpc) is 2.72. The summed E-state index contributed by atoms with van der Waals surface area (Å²) in [6, 6.07) is 14.9. The molecule has 0 radical (unpaired) electrons. The van der Waals surface area contributed by atoms with Crippen LogP contribution in [0.15, 0.2) is 60.7 Å². The van der Waals surface area contributed by atoms with Crippen molar-refractivity contribution in [2.75, 3.05) is 13.2 Å². The molecule has 0 spiro atoms. The van der Waals surface area contributed by atoms with Crippen LogP contribution in [0, 0.1) is 11.6 Å². The van der Waals surface area contributed by atoms with Crippen LogP contribution in [0.3, 0.4) is 0 Å². The lowest BCUT2D eigenvalue weighted by molar-refractivity contribution is -0.127. The van der Waals surface area contributed by atoms with Gasteiger partial charge in [-0.15, -0.1) is 10.2 Å². The highest BCUT2D eigenvalue weighted by atomic mass is 19.1. The Balaban J connectivity index is 1.41. The van der Waals surface area contributed by atoms with Crippen LogP contribution in [-0.4, -0.2) is 35.4 Å². The highest BCUT2D eigenvalue weighted by molar-refractivity contribution is 5.80. The van der Waals surface area contributed by atoms with Gasteiger partial charge in [0, 0.05) is 17.7 Å². The second-order valence-corrected chi connectivity index (χ2v) is 6.12. The molecule has 0 saturated heterocycles. The molecule has 1 N–H and O–H groups in total. The maximum Gasteiger partial charge on any atom is 0.260 e. The lowest BCUT2D eigenvalue weighted by Crippen LogP contribution is -2.38. The zero-order valence-electron chi connectivity index (χ0n) is 15.6. The van der Waals surface area contributed by atoms with E-state index in [0.717, 1.165) is 5.56 Å². The number of benzene rings is 2. The van der Waals surface area contributed by atoms with E-state index in [-0.39, 0.29) is 30.6 Å². The molecule has 0 aliphatic heterocycles. The third-order valence-electron chi connectivity index (χ3n) is 3.91. The Bertz CT molecular complexity index is 950. The van der Waals surface area contributed by atoms with E-state index in [1.807, 2.05) is 0 Å². The van der Waals surface area contributed by atoms with E-state index in [9.17, 15) is 13.6 Å². The van der Waals surface area contributed by atoms with Crippen LogP contribution >= 0.6 is 0 Å².